The van der Waals surface area contributed by atoms with Crippen LogP contribution >= 0.6 is 12.4 Å². The number of hydrogen-bond donors (Lipinski definition) is 3. The highest BCUT2D eigenvalue weighted by atomic mass is 35.5. The number of β-amino-alcohol motifs (C(OH)–C–C–N with tert-alkyl or cyclic N) is 1. The number of benzene rings is 1. The molecule has 134 valence electrons. The SMILES string of the molecule is Cl.O=C(NCC1CC(O)CN1Cc1ccccc1)C1CCNCC1. The number of carbonyl (C=O) groups is 1. The molecule has 2 aliphatic heterocycles. The standard InChI is InChI=1S/C18H27N3O2.ClH/c22-17-10-16(11-20-18(23)15-6-8-19-9-7-15)21(13-17)12-14-4-2-1-3-5-14;/h1-5,15-17,19,22H,6-13H2,(H,20,23);1H. The van der Waals surface area contributed by atoms with Crippen LogP contribution in [0.4, 0.5) is 0 Å². The van der Waals surface area contributed by atoms with Crippen LogP contribution in [0, 0.1) is 5.92 Å². The molecule has 2 saturated heterocycles. The highest BCUT2D eigenvalue weighted by molar-refractivity contribution is 5.85. The van der Waals surface area contributed by atoms with Crippen LogP contribution in [0.1, 0.15) is 24.8 Å². The molecule has 24 heavy (non-hydrogen) atoms. The number of aliphatic hydroxyl groups excluding tert-OH is 1. The third kappa shape index (κ3) is 5.18. The van der Waals surface area contributed by atoms with Crippen molar-refractivity contribution in [2.45, 2.75) is 38.0 Å². The van der Waals surface area contributed by atoms with Crippen molar-refractivity contribution in [2.24, 2.45) is 5.92 Å². The fourth-order valence-electron chi connectivity index (χ4n) is 3.63. The molecule has 6 heteroatoms. The van der Waals surface area contributed by atoms with Gasteiger partial charge < -0.3 is 15.7 Å². The van der Waals surface area contributed by atoms with Gasteiger partial charge in [0.15, 0.2) is 0 Å². The van der Waals surface area contributed by atoms with E-state index in [0.717, 1.165) is 38.9 Å². The minimum atomic E-state index is -0.292. The zero-order valence-corrected chi connectivity index (χ0v) is 14.8. The quantitative estimate of drug-likeness (QED) is 0.743. The molecule has 1 aromatic rings. The number of aliphatic hydroxyl groups is 1. The minimum absolute atomic E-state index is 0. The molecular formula is C18H28ClN3O2. The lowest BCUT2D eigenvalue weighted by Gasteiger charge is -2.26. The summed E-state index contributed by atoms with van der Waals surface area (Å²) in [5.41, 5.74) is 1.25. The molecular weight excluding hydrogens is 326 g/mol. The second kappa shape index (κ2) is 9.37. The first-order valence-electron chi connectivity index (χ1n) is 8.67. The van der Waals surface area contributed by atoms with Crippen LogP contribution in [-0.4, -0.2) is 54.2 Å². The fourth-order valence-corrected chi connectivity index (χ4v) is 3.63. The Morgan fingerprint density at radius 1 is 1.25 bits per heavy atom. The van der Waals surface area contributed by atoms with Gasteiger partial charge in [0.25, 0.3) is 0 Å². The largest absolute Gasteiger partial charge is 0.392 e. The van der Waals surface area contributed by atoms with Gasteiger partial charge >= 0.3 is 0 Å². The smallest absolute Gasteiger partial charge is 0.223 e. The Balaban J connectivity index is 0.00000208. The van der Waals surface area contributed by atoms with Crippen LogP contribution < -0.4 is 10.6 Å². The van der Waals surface area contributed by atoms with E-state index in [1.54, 1.807) is 0 Å². The Bertz CT molecular complexity index is 508. The van der Waals surface area contributed by atoms with E-state index in [1.807, 2.05) is 18.2 Å². The lowest BCUT2D eigenvalue weighted by molar-refractivity contribution is -0.125. The molecule has 2 unspecified atom stereocenters. The Kier molecular flexibility index (Phi) is 7.49. The van der Waals surface area contributed by atoms with Crippen molar-refractivity contribution in [3.8, 4) is 0 Å². The molecule has 2 heterocycles. The lowest BCUT2D eigenvalue weighted by atomic mass is 9.97. The maximum absolute atomic E-state index is 12.3. The number of amides is 1. The number of likely N-dealkylation sites (tertiary alicyclic amines) is 1. The number of halogens is 1. The van der Waals surface area contributed by atoms with Gasteiger partial charge in [-0.2, -0.15) is 0 Å². The van der Waals surface area contributed by atoms with Gasteiger partial charge in [-0.15, -0.1) is 12.4 Å². The molecule has 2 aliphatic rings. The Labute approximate surface area is 150 Å². The van der Waals surface area contributed by atoms with E-state index in [-0.39, 0.29) is 36.4 Å². The molecule has 3 rings (SSSR count). The molecule has 0 saturated carbocycles. The lowest BCUT2D eigenvalue weighted by Crippen LogP contribution is -2.44. The van der Waals surface area contributed by atoms with E-state index in [9.17, 15) is 9.90 Å². The average Bonchev–Trinajstić information content (AvgIpc) is 2.94. The van der Waals surface area contributed by atoms with Crippen LogP contribution in [0.25, 0.3) is 0 Å². The van der Waals surface area contributed by atoms with E-state index in [4.69, 9.17) is 0 Å². The van der Waals surface area contributed by atoms with Gasteiger partial charge in [0, 0.05) is 31.6 Å². The Morgan fingerprint density at radius 3 is 2.67 bits per heavy atom. The number of piperidine rings is 1. The van der Waals surface area contributed by atoms with Gasteiger partial charge in [-0.05, 0) is 37.9 Å². The summed E-state index contributed by atoms with van der Waals surface area (Å²) in [4.78, 5) is 14.6. The molecule has 2 fully saturated rings. The van der Waals surface area contributed by atoms with Crippen molar-refractivity contribution >= 4 is 18.3 Å². The monoisotopic (exact) mass is 353 g/mol. The maximum atomic E-state index is 12.3. The predicted molar refractivity (Wildman–Crippen MR) is 97.1 cm³/mol. The van der Waals surface area contributed by atoms with Crippen molar-refractivity contribution in [3.05, 3.63) is 35.9 Å². The van der Waals surface area contributed by atoms with E-state index >= 15 is 0 Å². The third-order valence-corrected chi connectivity index (χ3v) is 4.96. The van der Waals surface area contributed by atoms with Gasteiger partial charge in [0.05, 0.1) is 6.10 Å². The Morgan fingerprint density at radius 2 is 1.96 bits per heavy atom. The van der Waals surface area contributed by atoms with Crippen LogP contribution in [0.15, 0.2) is 30.3 Å². The van der Waals surface area contributed by atoms with Crippen LogP contribution in [0.2, 0.25) is 0 Å². The first-order chi connectivity index (χ1) is 11.2. The molecule has 0 aliphatic carbocycles. The zero-order valence-electron chi connectivity index (χ0n) is 14.0. The maximum Gasteiger partial charge on any atom is 0.223 e. The molecule has 3 N–H and O–H groups in total. The molecule has 5 nitrogen and oxygen atoms in total. The van der Waals surface area contributed by atoms with Crippen molar-refractivity contribution in [2.75, 3.05) is 26.2 Å². The van der Waals surface area contributed by atoms with Crippen LogP contribution in [0.5, 0.6) is 0 Å². The van der Waals surface area contributed by atoms with Gasteiger partial charge in [0.2, 0.25) is 5.91 Å². The number of nitrogens with zero attached hydrogens (tertiary/aromatic N) is 1. The van der Waals surface area contributed by atoms with E-state index in [1.165, 1.54) is 5.56 Å². The first kappa shape index (κ1) is 19.2. The molecule has 2 atom stereocenters. The normalized spacial score (nSPS) is 25.2. The van der Waals surface area contributed by atoms with Gasteiger partial charge in [-0.1, -0.05) is 30.3 Å². The molecule has 0 radical (unpaired) electrons. The van der Waals surface area contributed by atoms with Crippen molar-refractivity contribution in [1.82, 2.24) is 15.5 Å². The summed E-state index contributed by atoms with van der Waals surface area (Å²) in [5, 5.41) is 16.4. The summed E-state index contributed by atoms with van der Waals surface area (Å²) in [7, 11) is 0. The highest BCUT2D eigenvalue weighted by Crippen LogP contribution is 2.20. The summed E-state index contributed by atoms with van der Waals surface area (Å²) in [6, 6.07) is 10.5. The van der Waals surface area contributed by atoms with Crippen molar-refractivity contribution in [3.63, 3.8) is 0 Å². The Hall–Kier alpha value is -1.14. The summed E-state index contributed by atoms with van der Waals surface area (Å²) in [6.07, 6.45) is 2.29. The zero-order chi connectivity index (χ0) is 16.1. The molecule has 0 aromatic heterocycles. The molecule has 1 amide bonds. The van der Waals surface area contributed by atoms with Crippen molar-refractivity contribution in [1.29, 1.82) is 0 Å². The second-order valence-corrected chi connectivity index (χ2v) is 6.73. The second-order valence-electron chi connectivity index (χ2n) is 6.73. The number of rotatable bonds is 5. The van der Waals surface area contributed by atoms with E-state index < -0.39 is 0 Å². The van der Waals surface area contributed by atoms with Crippen LogP contribution in [-0.2, 0) is 11.3 Å². The summed E-state index contributed by atoms with van der Waals surface area (Å²) in [5.74, 6) is 0.317. The van der Waals surface area contributed by atoms with Gasteiger partial charge in [-0.3, -0.25) is 9.69 Å². The molecule has 0 bridgehead atoms. The topological polar surface area (TPSA) is 64.6 Å². The van der Waals surface area contributed by atoms with Gasteiger partial charge in [0.1, 0.15) is 0 Å². The van der Waals surface area contributed by atoms with E-state index in [0.29, 0.717) is 13.1 Å². The van der Waals surface area contributed by atoms with E-state index in [2.05, 4.69) is 27.7 Å². The van der Waals surface area contributed by atoms with Crippen molar-refractivity contribution < 1.29 is 9.90 Å². The molecule has 1 aromatic carbocycles. The fraction of sp³-hybridized carbons (Fsp3) is 0.611. The number of hydrogen-bond acceptors (Lipinski definition) is 4. The summed E-state index contributed by atoms with van der Waals surface area (Å²) in [6.45, 7) is 4.00. The first-order valence-corrected chi connectivity index (χ1v) is 8.67. The molecule has 0 spiro atoms. The minimum Gasteiger partial charge on any atom is -0.392 e. The predicted octanol–water partition coefficient (Wildman–Crippen LogP) is 1.16. The average molecular weight is 354 g/mol. The summed E-state index contributed by atoms with van der Waals surface area (Å²) >= 11 is 0. The summed E-state index contributed by atoms with van der Waals surface area (Å²) < 4.78 is 0. The number of carbonyl (C=O) groups excluding carboxylic acids is 1. The van der Waals surface area contributed by atoms with Crippen LogP contribution in [0.3, 0.4) is 0 Å². The van der Waals surface area contributed by atoms with Gasteiger partial charge in [-0.25, -0.2) is 0 Å². The highest BCUT2D eigenvalue weighted by Gasteiger charge is 2.31. The number of nitrogens with one attached hydrogen (secondary N) is 2. The third-order valence-electron chi connectivity index (χ3n) is 4.96.